The lowest BCUT2D eigenvalue weighted by Gasteiger charge is -1.94. The molecule has 2 heterocycles. The molecule has 2 rings (SSSR count). The van der Waals surface area contributed by atoms with E-state index in [9.17, 15) is 0 Å². The third kappa shape index (κ3) is 3.55. The van der Waals surface area contributed by atoms with Crippen molar-refractivity contribution in [2.24, 2.45) is 0 Å². The van der Waals surface area contributed by atoms with E-state index in [0.29, 0.717) is 11.6 Å². The summed E-state index contributed by atoms with van der Waals surface area (Å²) in [6.45, 7) is 0. The lowest BCUT2D eigenvalue weighted by molar-refractivity contribution is 1.02. The molecule has 0 aromatic carbocycles. The Morgan fingerprint density at radius 1 is 0.706 bits per heavy atom. The molecule has 0 atom stereocenters. The molecule has 0 spiro atoms. The molecule has 0 unspecified atom stereocenters. The van der Waals surface area contributed by atoms with E-state index in [4.69, 9.17) is 34.8 Å². The third-order valence-corrected chi connectivity index (χ3v) is 2.06. The smallest absolute Gasteiger partial charge is 0.217 e. The Labute approximate surface area is 111 Å². The van der Waals surface area contributed by atoms with Gasteiger partial charge in [0, 0.05) is 0 Å². The molecule has 0 bridgehead atoms. The Kier molecular flexibility index (Phi) is 3.78. The molecular formula is C8H3Cl3N6. The topological polar surface area (TPSA) is 77.3 Å². The average molecular weight is 290 g/mol. The zero-order valence-electron chi connectivity index (χ0n) is 8.05. The van der Waals surface area contributed by atoms with E-state index >= 15 is 0 Å². The summed E-state index contributed by atoms with van der Waals surface area (Å²) >= 11 is 16.8. The summed E-state index contributed by atoms with van der Waals surface area (Å²) < 4.78 is 0. The van der Waals surface area contributed by atoms with E-state index < -0.39 is 0 Å². The maximum Gasteiger partial charge on any atom is 0.227 e. The van der Waals surface area contributed by atoms with Gasteiger partial charge in [0.1, 0.15) is 6.33 Å². The van der Waals surface area contributed by atoms with Crippen LogP contribution in [0.4, 0.5) is 0 Å². The van der Waals surface area contributed by atoms with Crippen LogP contribution in [0.2, 0.25) is 15.9 Å². The Balaban J connectivity index is 2.25. The summed E-state index contributed by atoms with van der Waals surface area (Å²) in [6, 6.07) is 0. The van der Waals surface area contributed by atoms with Crippen LogP contribution in [0.5, 0.6) is 0 Å². The number of hydrogen-bond donors (Lipinski definition) is 0. The third-order valence-electron chi connectivity index (χ3n) is 1.54. The Bertz CT molecular complexity index is 553. The van der Waals surface area contributed by atoms with E-state index in [2.05, 4.69) is 29.9 Å². The fourth-order valence-corrected chi connectivity index (χ4v) is 1.44. The molecule has 6 nitrogen and oxygen atoms in total. The van der Waals surface area contributed by atoms with Gasteiger partial charge >= 0.3 is 0 Å². The first kappa shape index (κ1) is 12.1. The van der Waals surface area contributed by atoms with E-state index in [1.54, 1.807) is 6.08 Å². The highest BCUT2D eigenvalue weighted by Crippen LogP contribution is 2.08. The molecule has 0 fully saturated rings. The van der Waals surface area contributed by atoms with Gasteiger partial charge in [-0.3, -0.25) is 0 Å². The van der Waals surface area contributed by atoms with Gasteiger partial charge in [0.15, 0.2) is 11.6 Å². The van der Waals surface area contributed by atoms with Gasteiger partial charge in [-0.1, -0.05) is 0 Å². The summed E-state index contributed by atoms with van der Waals surface area (Å²) in [5.41, 5.74) is 0. The molecule has 0 aliphatic carbocycles. The van der Waals surface area contributed by atoms with Crippen molar-refractivity contribution in [2.45, 2.75) is 0 Å². The van der Waals surface area contributed by atoms with E-state index in [0.717, 1.165) is 0 Å². The van der Waals surface area contributed by atoms with Gasteiger partial charge in [0.2, 0.25) is 15.9 Å². The van der Waals surface area contributed by atoms with Crippen LogP contribution in [-0.2, 0) is 0 Å². The Morgan fingerprint density at radius 2 is 1.29 bits per heavy atom. The first-order valence-corrected chi connectivity index (χ1v) is 5.36. The molecule has 2 aromatic heterocycles. The van der Waals surface area contributed by atoms with Crippen LogP contribution in [0.1, 0.15) is 11.6 Å². The van der Waals surface area contributed by atoms with Gasteiger partial charge in [-0.2, -0.15) is 19.9 Å². The molecule has 0 saturated heterocycles. The quantitative estimate of drug-likeness (QED) is 0.843. The fourth-order valence-electron chi connectivity index (χ4n) is 0.932. The minimum absolute atomic E-state index is 0.0123. The second-order valence-electron chi connectivity index (χ2n) is 2.68. The highest BCUT2D eigenvalue weighted by molar-refractivity contribution is 6.31. The molecule has 0 radical (unpaired) electrons. The number of halogens is 3. The van der Waals surface area contributed by atoms with Gasteiger partial charge < -0.3 is 0 Å². The lowest BCUT2D eigenvalue weighted by atomic mass is 10.4. The molecule has 2 aromatic rings. The highest BCUT2D eigenvalue weighted by Gasteiger charge is 2.00. The molecule has 0 aliphatic rings. The number of hydrogen-bond acceptors (Lipinski definition) is 6. The second-order valence-corrected chi connectivity index (χ2v) is 3.69. The lowest BCUT2D eigenvalue weighted by Crippen LogP contribution is -1.93. The summed E-state index contributed by atoms with van der Waals surface area (Å²) in [5, 5.41) is 0.128. The van der Waals surface area contributed by atoms with E-state index in [-0.39, 0.29) is 15.9 Å². The van der Waals surface area contributed by atoms with Crippen molar-refractivity contribution in [3.63, 3.8) is 0 Å². The number of rotatable bonds is 2. The van der Waals surface area contributed by atoms with Crippen molar-refractivity contribution in [1.82, 2.24) is 29.9 Å². The van der Waals surface area contributed by atoms with Gasteiger partial charge in [-0.15, -0.1) is 0 Å². The van der Waals surface area contributed by atoms with Crippen LogP contribution >= 0.6 is 34.8 Å². The van der Waals surface area contributed by atoms with Crippen molar-refractivity contribution in [1.29, 1.82) is 0 Å². The standard InChI is InChI=1S/C8H3Cl3N6/c9-6-13-3-12-4(14-6)1-2-5-15-7(10)17-8(11)16-5/h1-3H. The maximum atomic E-state index is 5.61. The van der Waals surface area contributed by atoms with Crippen LogP contribution in [-0.4, -0.2) is 29.9 Å². The van der Waals surface area contributed by atoms with Gasteiger partial charge in [-0.25, -0.2) is 9.97 Å². The van der Waals surface area contributed by atoms with Crippen molar-refractivity contribution < 1.29 is 0 Å². The summed E-state index contributed by atoms with van der Waals surface area (Å²) in [6.07, 6.45) is 4.38. The molecule has 17 heavy (non-hydrogen) atoms. The minimum atomic E-state index is 0.0123. The zero-order valence-corrected chi connectivity index (χ0v) is 10.3. The van der Waals surface area contributed by atoms with Crippen LogP contribution in [0, 0.1) is 0 Å². The average Bonchev–Trinajstić information content (AvgIpc) is 2.25. The molecule has 9 heteroatoms. The van der Waals surface area contributed by atoms with Crippen molar-refractivity contribution >= 4 is 47.0 Å². The Morgan fingerprint density at radius 3 is 1.94 bits per heavy atom. The second kappa shape index (κ2) is 5.31. The summed E-state index contributed by atoms with van der Waals surface area (Å²) in [7, 11) is 0. The van der Waals surface area contributed by atoms with Crippen LogP contribution in [0.25, 0.3) is 12.2 Å². The SMILES string of the molecule is Clc1ncnc(C=Cc2nc(Cl)nc(Cl)n2)n1. The summed E-state index contributed by atoms with van der Waals surface area (Å²) in [4.78, 5) is 22.7. The van der Waals surface area contributed by atoms with Gasteiger partial charge in [0.25, 0.3) is 0 Å². The van der Waals surface area contributed by atoms with Crippen LogP contribution in [0.15, 0.2) is 6.33 Å². The first-order valence-electron chi connectivity index (χ1n) is 4.23. The summed E-state index contributed by atoms with van der Waals surface area (Å²) in [5.74, 6) is 0.671. The molecule has 86 valence electrons. The van der Waals surface area contributed by atoms with Crippen molar-refractivity contribution in [3.05, 3.63) is 33.8 Å². The molecule has 0 amide bonds. The number of nitrogens with zero attached hydrogens (tertiary/aromatic N) is 6. The van der Waals surface area contributed by atoms with Crippen LogP contribution < -0.4 is 0 Å². The molecule has 0 saturated carbocycles. The largest absolute Gasteiger partial charge is 0.227 e. The van der Waals surface area contributed by atoms with Crippen LogP contribution in [0.3, 0.4) is 0 Å². The first-order chi connectivity index (χ1) is 8.13. The molecule has 0 N–H and O–H groups in total. The van der Waals surface area contributed by atoms with Gasteiger partial charge in [0.05, 0.1) is 0 Å². The van der Waals surface area contributed by atoms with E-state index in [1.807, 2.05) is 0 Å². The normalized spacial score (nSPS) is 11.0. The van der Waals surface area contributed by atoms with Gasteiger partial charge in [-0.05, 0) is 47.0 Å². The minimum Gasteiger partial charge on any atom is -0.217 e. The predicted molar refractivity (Wildman–Crippen MR) is 63.6 cm³/mol. The maximum absolute atomic E-state index is 5.61. The number of aromatic nitrogens is 6. The Hall–Kier alpha value is -1.37. The van der Waals surface area contributed by atoms with Crippen molar-refractivity contribution in [3.8, 4) is 0 Å². The monoisotopic (exact) mass is 288 g/mol. The zero-order chi connectivity index (χ0) is 12.3. The van der Waals surface area contributed by atoms with Crippen molar-refractivity contribution in [2.75, 3.05) is 0 Å². The molecule has 0 aliphatic heterocycles. The van der Waals surface area contributed by atoms with E-state index in [1.165, 1.54) is 12.4 Å². The fraction of sp³-hybridized carbons (Fsp3) is 0. The molecular weight excluding hydrogens is 286 g/mol. The predicted octanol–water partition coefficient (Wildman–Crippen LogP) is 2.19. The highest BCUT2D eigenvalue weighted by atomic mass is 35.5.